The van der Waals surface area contributed by atoms with E-state index in [1.54, 1.807) is 80.9 Å². The third-order valence-electron chi connectivity index (χ3n) is 20.5. The minimum atomic E-state index is -4.99. The molecule has 34 heteroatoms. The Morgan fingerprint density at radius 1 is 0.673 bits per heavy atom. The SMILES string of the molecule is CC[C@H](C)[C@@H]([C@@H](CC(=O)N1CCC[C@H]1[C@H](OC)[C@@H](C)C(=O)N[C@@H](Cc1ccccc1)C(=O)NNC(C)c1ccc(NC(=O)[C@H](CCCNC(N)=O)NC(=O)[C@@H](NC(=O)CCCN2CCC(C(=O)Oc3c(F)c(F)c(F)c(F)c3F)CC2C(F)(F)F)C(C)C)cc1)OC)N(C)C(=O)[C@@H](NC(=O)[C@H](C(C)C)N(C)C)C(C)C. The molecule has 0 bridgehead atoms. The van der Waals surface area contributed by atoms with Gasteiger partial charge in [0.05, 0.1) is 48.6 Å². The normalized spacial score (nSPS) is 18.5. The maximum absolute atomic E-state index is 14.7. The number of nitrogens with one attached hydrogen (secondary N) is 8. The minimum Gasteiger partial charge on any atom is -0.420 e. The number of hydrazine groups is 1. The zero-order valence-electron chi connectivity index (χ0n) is 65.3. The number of alkyl halides is 3. The molecule has 26 nitrogen and oxygen atoms in total. The first-order valence-corrected chi connectivity index (χ1v) is 37.2. The largest absolute Gasteiger partial charge is 0.420 e. The Labute approximate surface area is 638 Å². The number of ether oxygens (including phenoxy) is 3. The van der Waals surface area contributed by atoms with Gasteiger partial charge in [-0.15, -0.1) is 0 Å². The Balaban J connectivity index is 1.21. The number of carbonyl (C=O) groups is 10. The van der Waals surface area contributed by atoms with Crippen molar-refractivity contribution >= 4 is 64.9 Å². The van der Waals surface area contributed by atoms with Crippen LogP contribution in [0.25, 0.3) is 0 Å². The van der Waals surface area contributed by atoms with E-state index in [1.165, 1.54) is 14.2 Å². The number of likely N-dealkylation sites (N-methyl/N-ethyl adjacent to an activating group) is 2. The summed E-state index contributed by atoms with van der Waals surface area (Å²) >= 11 is 0. The van der Waals surface area contributed by atoms with Gasteiger partial charge in [0, 0.05) is 58.9 Å². The molecule has 614 valence electrons. The highest BCUT2D eigenvalue weighted by Gasteiger charge is 2.49. The van der Waals surface area contributed by atoms with E-state index in [9.17, 15) is 83.1 Å². The summed E-state index contributed by atoms with van der Waals surface area (Å²) in [6, 6.07) is 5.52. The number of methoxy groups -OCH3 is 2. The van der Waals surface area contributed by atoms with Crippen LogP contribution in [0.15, 0.2) is 54.6 Å². The van der Waals surface area contributed by atoms with Crippen molar-refractivity contribution in [2.75, 3.05) is 66.9 Å². The van der Waals surface area contributed by atoms with Crippen molar-refractivity contribution in [2.45, 2.75) is 213 Å². The second-order valence-corrected chi connectivity index (χ2v) is 29.7. The molecule has 2 saturated heterocycles. The van der Waals surface area contributed by atoms with Crippen molar-refractivity contribution in [3.8, 4) is 5.75 Å². The van der Waals surface area contributed by atoms with E-state index in [-0.39, 0.29) is 92.8 Å². The number of urea groups is 1. The molecule has 10 N–H and O–H groups in total. The molecule has 0 aliphatic carbocycles. The Kier molecular flexibility index (Phi) is 35.7. The molecule has 2 aliphatic rings. The molecule has 5 rings (SSSR count). The molecule has 2 fully saturated rings. The van der Waals surface area contributed by atoms with Gasteiger partial charge in [-0.1, -0.05) is 111 Å². The van der Waals surface area contributed by atoms with E-state index < -0.39 is 186 Å². The zero-order chi connectivity index (χ0) is 82.3. The number of hydrogen-bond donors (Lipinski definition) is 9. The van der Waals surface area contributed by atoms with E-state index in [0.717, 1.165) is 10.5 Å². The Hall–Kier alpha value is -8.60. The second kappa shape index (κ2) is 42.7. The van der Waals surface area contributed by atoms with Gasteiger partial charge in [-0.2, -0.15) is 22.0 Å². The fourth-order valence-corrected chi connectivity index (χ4v) is 14.2. The lowest BCUT2D eigenvalue weighted by Crippen LogP contribution is -2.59. The molecule has 10 amide bonds. The number of halogens is 8. The van der Waals surface area contributed by atoms with Gasteiger partial charge in [0.1, 0.15) is 30.2 Å². The highest BCUT2D eigenvalue weighted by molar-refractivity contribution is 5.98. The fraction of sp³-hybridized carbons (Fsp3) is 0.632. The van der Waals surface area contributed by atoms with Gasteiger partial charge in [0.15, 0.2) is 0 Å². The van der Waals surface area contributed by atoms with Gasteiger partial charge in [0.25, 0.3) is 5.91 Å². The lowest BCUT2D eigenvalue weighted by Gasteiger charge is -2.41. The summed E-state index contributed by atoms with van der Waals surface area (Å²) in [7, 11) is 8.27. The van der Waals surface area contributed by atoms with Crippen LogP contribution in [0.5, 0.6) is 5.75 Å². The quantitative estimate of drug-likeness (QED) is 0.00507. The number of amides is 10. The van der Waals surface area contributed by atoms with Gasteiger partial charge in [-0.25, -0.2) is 23.4 Å². The number of rotatable bonds is 40. The molecule has 2 aliphatic heterocycles. The molecular weight excluding hydrogens is 1450 g/mol. The summed E-state index contributed by atoms with van der Waals surface area (Å²) in [6.07, 6.45) is -6.79. The molecule has 0 saturated carbocycles. The maximum atomic E-state index is 14.7. The molecule has 3 unspecified atom stereocenters. The minimum absolute atomic E-state index is 0.00491. The topological polar surface area (TPSA) is 334 Å². The zero-order valence-corrected chi connectivity index (χ0v) is 65.3. The van der Waals surface area contributed by atoms with Crippen LogP contribution in [0.2, 0.25) is 0 Å². The van der Waals surface area contributed by atoms with Crippen LogP contribution in [-0.4, -0.2) is 207 Å². The average Bonchev–Trinajstić information content (AvgIpc) is 1.27. The predicted molar refractivity (Wildman–Crippen MR) is 393 cm³/mol. The van der Waals surface area contributed by atoms with Crippen LogP contribution in [0.4, 0.5) is 45.6 Å². The lowest BCUT2D eigenvalue weighted by molar-refractivity contribution is -0.197. The van der Waals surface area contributed by atoms with Crippen molar-refractivity contribution in [3.63, 3.8) is 0 Å². The van der Waals surface area contributed by atoms with Crippen molar-refractivity contribution in [1.82, 2.24) is 57.0 Å². The fourth-order valence-electron chi connectivity index (χ4n) is 14.2. The van der Waals surface area contributed by atoms with Crippen LogP contribution in [0.1, 0.15) is 151 Å². The van der Waals surface area contributed by atoms with Crippen molar-refractivity contribution in [3.05, 3.63) is 94.8 Å². The molecule has 3 aromatic rings. The molecule has 3 aromatic carbocycles. The van der Waals surface area contributed by atoms with E-state index in [0.29, 0.717) is 31.4 Å². The first-order valence-electron chi connectivity index (χ1n) is 37.2. The lowest BCUT2D eigenvalue weighted by atomic mass is 9.89. The molecule has 14 atom stereocenters. The number of esters is 1. The van der Waals surface area contributed by atoms with Gasteiger partial charge in [0.2, 0.25) is 76.2 Å². The summed E-state index contributed by atoms with van der Waals surface area (Å²) in [5.41, 5.74) is 12.6. The molecule has 2 heterocycles. The first kappa shape index (κ1) is 92.0. The number of likely N-dealkylation sites (tertiary alicyclic amines) is 2. The average molecular weight is 1570 g/mol. The first-order chi connectivity index (χ1) is 51.7. The number of benzene rings is 3. The monoisotopic (exact) mass is 1570 g/mol. The van der Waals surface area contributed by atoms with E-state index in [1.807, 2.05) is 78.7 Å². The van der Waals surface area contributed by atoms with Gasteiger partial charge < -0.3 is 61.6 Å². The van der Waals surface area contributed by atoms with Crippen LogP contribution >= 0.6 is 0 Å². The Morgan fingerprint density at radius 3 is 1.84 bits per heavy atom. The Bertz CT molecular complexity index is 3570. The number of piperidine rings is 1. The van der Waals surface area contributed by atoms with Gasteiger partial charge in [-0.3, -0.25) is 58.4 Å². The van der Waals surface area contributed by atoms with Crippen molar-refractivity contribution in [1.29, 1.82) is 0 Å². The summed E-state index contributed by atoms with van der Waals surface area (Å²) < 4.78 is 129. The van der Waals surface area contributed by atoms with Crippen LogP contribution in [0, 0.1) is 64.6 Å². The standard InChI is InChI=1S/C76H111F8N13O13/c1-16-43(8)65(95(13)73(105)63(41(4)5)91-72(104)64(42(6)7)94(11)12)53(108-14)39-56(99)97-35-21-26-52(97)66(109-15)44(9)68(100)89-51(37-46-23-18-17-19-24-46)70(102)93-92-45(10)47-28-30-49(31-29-47)87-69(101)50(25-20-33-86-75(85)107)88-71(103)62(40(2)3)90-55(98)27-22-34-96-36-32-48(38-54(96)76(82,83)84)74(106)110-67-60(80)58(78)57(77)59(79)61(67)81/h17-19,23-24,28-31,40-45,48,50-54,62-66,92H,16,20-22,25-27,32-39H2,1-15H3,(H,87,101)(H,88,103)(H,89,100)(H,90,98)(H,91,104)(H,93,102)(H3,85,86,107)/t43-,44+,45?,48?,50-,51-,52-,53+,54?,62-,63-,64-,65-,66+/m0/s1. The van der Waals surface area contributed by atoms with Crippen molar-refractivity contribution in [2.24, 2.45) is 41.2 Å². The third-order valence-corrected chi connectivity index (χ3v) is 20.5. The highest BCUT2D eigenvalue weighted by Crippen LogP contribution is 2.38. The number of primary amides is 1. The van der Waals surface area contributed by atoms with E-state index >= 15 is 0 Å². The van der Waals surface area contributed by atoms with Crippen LogP contribution in [-0.2, 0) is 59.0 Å². The van der Waals surface area contributed by atoms with Gasteiger partial charge in [-0.05, 0) is 126 Å². The van der Waals surface area contributed by atoms with Gasteiger partial charge >= 0.3 is 18.2 Å². The molecule has 0 radical (unpaired) electrons. The Morgan fingerprint density at radius 2 is 1.28 bits per heavy atom. The van der Waals surface area contributed by atoms with Crippen molar-refractivity contribution < 1.29 is 97.3 Å². The maximum Gasteiger partial charge on any atom is 0.404 e. The summed E-state index contributed by atoms with van der Waals surface area (Å²) in [5, 5.41) is 16.3. The van der Waals surface area contributed by atoms with E-state index in [4.69, 9.17) is 15.2 Å². The number of nitrogens with zero attached hydrogens (tertiary/aromatic N) is 4. The molecular formula is C76H111F8N13O13. The highest BCUT2D eigenvalue weighted by atomic mass is 19.4. The number of nitrogens with two attached hydrogens (primary N) is 1. The number of carbonyl (C=O) groups excluding carboxylic acids is 10. The molecule has 110 heavy (non-hydrogen) atoms. The molecule has 0 spiro atoms. The second-order valence-electron chi connectivity index (χ2n) is 29.7. The number of anilines is 1. The molecule has 0 aromatic heterocycles. The smallest absolute Gasteiger partial charge is 0.404 e. The summed E-state index contributed by atoms with van der Waals surface area (Å²) in [6.45, 7) is 17.7. The summed E-state index contributed by atoms with van der Waals surface area (Å²) in [5.74, 6) is -23.8. The summed E-state index contributed by atoms with van der Waals surface area (Å²) in [4.78, 5) is 143. The van der Waals surface area contributed by atoms with E-state index in [2.05, 4.69) is 47.5 Å². The van der Waals surface area contributed by atoms with Crippen LogP contribution in [0.3, 0.4) is 0 Å². The van der Waals surface area contributed by atoms with Crippen LogP contribution < -0.4 is 53.2 Å². The predicted octanol–water partition coefficient (Wildman–Crippen LogP) is 7.48. The number of hydrogen-bond acceptors (Lipinski definition) is 16. The third kappa shape index (κ3) is 25.5.